The van der Waals surface area contributed by atoms with Gasteiger partial charge >= 0.3 is 0 Å². The molecule has 1 aromatic rings. The van der Waals surface area contributed by atoms with Gasteiger partial charge in [-0.1, -0.05) is 60.8 Å². The Hall–Kier alpha value is -2.10. The Labute approximate surface area is 131 Å². The van der Waals surface area contributed by atoms with Crippen molar-refractivity contribution in [2.24, 2.45) is 5.16 Å². The number of nitrogens with zero attached hydrogens (tertiary/aromatic N) is 1. The minimum atomic E-state index is -0.475. The minimum Gasteiger partial charge on any atom is -0.382 e. The summed E-state index contributed by atoms with van der Waals surface area (Å²) in [5.41, 5.74) is 1.92. The Kier molecular flexibility index (Phi) is 4.88. The van der Waals surface area contributed by atoms with Crippen LogP contribution >= 0.6 is 0 Å². The van der Waals surface area contributed by atoms with Gasteiger partial charge in [0.1, 0.15) is 0 Å². The molecule has 2 aliphatic rings. The van der Waals surface area contributed by atoms with Gasteiger partial charge in [0.25, 0.3) is 5.91 Å². The van der Waals surface area contributed by atoms with E-state index in [0.29, 0.717) is 12.5 Å². The van der Waals surface area contributed by atoms with Gasteiger partial charge in [0.15, 0.2) is 0 Å². The summed E-state index contributed by atoms with van der Waals surface area (Å²) in [5, 5.41) is 7.11. The van der Waals surface area contributed by atoms with Crippen LogP contribution in [-0.4, -0.2) is 23.8 Å². The summed E-state index contributed by atoms with van der Waals surface area (Å²) in [6.45, 7) is 0. The van der Waals surface area contributed by atoms with Crippen LogP contribution in [0.25, 0.3) is 6.08 Å². The van der Waals surface area contributed by atoms with Gasteiger partial charge in [-0.25, -0.2) is 0 Å². The summed E-state index contributed by atoms with van der Waals surface area (Å²) < 4.78 is 0. The van der Waals surface area contributed by atoms with Crippen molar-refractivity contribution < 1.29 is 9.63 Å². The molecule has 4 heteroatoms. The zero-order chi connectivity index (χ0) is 15.2. The van der Waals surface area contributed by atoms with Gasteiger partial charge < -0.3 is 10.2 Å². The molecule has 1 aromatic carbocycles. The van der Waals surface area contributed by atoms with Crippen LogP contribution in [0.4, 0.5) is 0 Å². The fraction of sp³-hybridized carbons (Fsp3) is 0.444. The number of carbonyl (C=O) groups is 1. The number of rotatable bonds is 4. The van der Waals surface area contributed by atoms with Gasteiger partial charge in [0, 0.05) is 12.5 Å². The van der Waals surface area contributed by atoms with Crippen molar-refractivity contribution in [3.63, 3.8) is 0 Å². The molecular weight excluding hydrogens is 276 g/mol. The lowest BCUT2D eigenvalue weighted by atomic mass is 9.95. The summed E-state index contributed by atoms with van der Waals surface area (Å²) >= 11 is 0. The Morgan fingerprint density at radius 3 is 2.68 bits per heavy atom. The molecule has 1 unspecified atom stereocenters. The predicted octanol–water partition coefficient (Wildman–Crippen LogP) is 3.29. The number of oxime groups is 1. The maximum Gasteiger partial charge on any atom is 0.264 e. The van der Waals surface area contributed by atoms with Crippen molar-refractivity contribution in [3.05, 3.63) is 42.0 Å². The van der Waals surface area contributed by atoms with Crippen LogP contribution in [0.1, 0.15) is 44.1 Å². The average molecular weight is 298 g/mol. The molecule has 0 bridgehead atoms. The highest BCUT2D eigenvalue weighted by atomic mass is 16.6. The molecule has 0 radical (unpaired) electrons. The smallest absolute Gasteiger partial charge is 0.264 e. The third-order valence-corrected chi connectivity index (χ3v) is 4.20. The zero-order valence-corrected chi connectivity index (χ0v) is 12.7. The van der Waals surface area contributed by atoms with E-state index in [4.69, 9.17) is 4.84 Å². The molecule has 1 heterocycles. The number of carbonyl (C=O) groups excluding carboxylic acids is 1. The van der Waals surface area contributed by atoms with E-state index in [2.05, 4.69) is 10.5 Å². The molecule has 1 aliphatic carbocycles. The molecule has 3 rings (SSSR count). The highest BCUT2D eigenvalue weighted by molar-refractivity contribution is 6.02. The highest BCUT2D eigenvalue weighted by Crippen LogP contribution is 2.19. The Bertz CT molecular complexity index is 560. The van der Waals surface area contributed by atoms with E-state index in [9.17, 15) is 4.79 Å². The maximum absolute atomic E-state index is 12.2. The number of allylic oxidation sites excluding steroid dienone is 1. The zero-order valence-electron chi connectivity index (χ0n) is 12.7. The summed E-state index contributed by atoms with van der Waals surface area (Å²) in [4.78, 5) is 17.5. The molecule has 22 heavy (non-hydrogen) atoms. The fourth-order valence-corrected chi connectivity index (χ4v) is 2.93. The van der Waals surface area contributed by atoms with E-state index in [1.165, 1.54) is 19.3 Å². The van der Waals surface area contributed by atoms with Crippen molar-refractivity contribution in [1.29, 1.82) is 0 Å². The Morgan fingerprint density at radius 1 is 1.14 bits per heavy atom. The molecule has 1 aliphatic heterocycles. The Morgan fingerprint density at radius 2 is 1.91 bits per heavy atom. The van der Waals surface area contributed by atoms with Crippen molar-refractivity contribution in [2.45, 2.75) is 50.7 Å². The second-order valence-corrected chi connectivity index (χ2v) is 5.97. The lowest BCUT2D eigenvalue weighted by Gasteiger charge is -2.23. The van der Waals surface area contributed by atoms with Gasteiger partial charge in [-0.3, -0.25) is 4.79 Å². The molecule has 0 saturated heterocycles. The predicted molar refractivity (Wildman–Crippen MR) is 87.4 cm³/mol. The van der Waals surface area contributed by atoms with Crippen molar-refractivity contribution in [3.8, 4) is 0 Å². The summed E-state index contributed by atoms with van der Waals surface area (Å²) in [6.07, 6.45) is 9.84. The quantitative estimate of drug-likeness (QED) is 0.927. The first-order chi connectivity index (χ1) is 10.8. The van der Waals surface area contributed by atoms with Crippen LogP contribution in [0.3, 0.4) is 0 Å². The normalized spacial score (nSPS) is 22.4. The molecule has 0 spiro atoms. The standard InChI is InChI=1S/C18H22N2O2/c21-18(19-15-9-5-2-6-10-15)17-13-16(20-22-17)12-11-14-7-3-1-4-8-14/h1,3-4,7-8,11-12,15,17H,2,5-6,9-10,13H2,(H,19,21). The monoisotopic (exact) mass is 298 g/mol. The number of hydrogen-bond donors (Lipinski definition) is 1. The van der Waals surface area contributed by atoms with Gasteiger partial charge in [-0.05, 0) is 24.5 Å². The average Bonchev–Trinajstić information content (AvgIpc) is 3.04. The van der Waals surface area contributed by atoms with Crippen LogP contribution in [-0.2, 0) is 9.63 Å². The second-order valence-electron chi connectivity index (χ2n) is 5.97. The summed E-state index contributed by atoms with van der Waals surface area (Å²) in [6, 6.07) is 10.3. The molecular formula is C18H22N2O2. The third-order valence-electron chi connectivity index (χ3n) is 4.20. The van der Waals surface area contributed by atoms with Crippen LogP contribution in [0, 0.1) is 0 Å². The lowest BCUT2D eigenvalue weighted by Crippen LogP contribution is -2.42. The van der Waals surface area contributed by atoms with E-state index < -0.39 is 6.10 Å². The fourth-order valence-electron chi connectivity index (χ4n) is 2.93. The molecule has 116 valence electrons. The third kappa shape index (κ3) is 3.97. The number of nitrogens with one attached hydrogen (secondary N) is 1. The first-order valence-corrected chi connectivity index (χ1v) is 8.07. The van der Waals surface area contributed by atoms with Crippen LogP contribution in [0.2, 0.25) is 0 Å². The summed E-state index contributed by atoms with van der Waals surface area (Å²) in [7, 11) is 0. The minimum absolute atomic E-state index is 0.0289. The molecule has 1 fully saturated rings. The van der Waals surface area contributed by atoms with Crippen molar-refractivity contribution >= 4 is 17.7 Å². The first-order valence-electron chi connectivity index (χ1n) is 8.07. The molecule has 1 N–H and O–H groups in total. The van der Waals surface area contributed by atoms with E-state index in [0.717, 1.165) is 24.1 Å². The number of amides is 1. The second kappa shape index (κ2) is 7.25. The van der Waals surface area contributed by atoms with Crippen LogP contribution in [0.5, 0.6) is 0 Å². The van der Waals surface area contributed by atoms with Gasteiger partial charge in [0.2, 0.25) is 6.10 Å². The number of benzene rings is 1. The molecule has 4 nitrogen and oxygen atoms in total. The largest absolute Gasteiger partial charge is 0.382 e. The lowest BCUT2D eigenvalue weighted by molar-refractivity contribution is -0.132. The summed E-state index contributed by atoms with van der Waals surface area (Å²) in [5.74, 6) is -0.0289. The van der Waals surface area contributed by atoms with Crippen molar-refractivity contribution in [2.75, 3.05) is 0 Å². The number of hydrogen-bond acceptors (Lipinski definition) is 3. The van der Waals surface area contributed by atoms with E-state index in [1.807, 2.05) is 42.5 Å². The maximum atomic E-state index is 12.2. The van der Waals surface area contributed by atoms with E-state index in [1.54, 1.807) is 0 Å². The highest BCUT2D eigenvalue weighted by Gasteiger charge is 2.28. The van der Waals surface area contributed by atoms with Gasteiger partial charge in [0.05, 0.1) is 5.71 Å². The van der Waals surface area contributed by atoms with E-state index >= 15 is 0 Å². The molecule has 1 atom stereocenters. The van der Waals surface area contributed by atoms with Gasteiger partial charge in [-0.2, -0.15) is 0 Å². The van der Waals surface area contributed by atoms with E-state index in [-0.39, 0.29) is 5.91 Å². The topological polar surface area (TPSA) is 50.7 Å². The Balaban J connectivity index is 1.48. The molecule has 0 aromatic heterocycles. The SMILES string of the molecule is O=C(NC1CCCCC1)C1CC(C=Cc2ccccc2)=NO1. The van der Waals surface area contributed by atoms with Crippen LogP contribution in [0.15, 0.2) is 41.6 Å². The van der Waals surface area contributed by atoms with Crippen molar-refractivity contribution in [1.82, 2.24) is 5.32 Å². The molecule has 1 saturated carbocycles. The molecule has 1 amide bonds. The first kappa shape index (κ1) is 14.8. The van der Waals surface area contributed by atoms with Gasteiger partial charge in [-0.15, -0.1) is 0 Å². The van der Waals surface area contributed by atoms with Crippen LogP contribution < -0.4 is 5.32 Å².